The molecule has 0 spiro atoms. The number of amides is 1. The summed E-state index contributed by atoms with van der Waals surface area (Å²) in [7, 11) is 0. The van der Waals surface area contributed by atoms with Crippen molar-refractivity contribution in [3.05, 3.63) is 81.0 Å². The number of anilines is 1. The predicted octanol–water partition coefficient (Wildman–Crippen LogP) is 3.35. The first-order valence-corrected chi connectivity index (χ1v) is 8.47. The minimum Gasteiger partial charge on any atom is -0.422 e. The van der Waals surface area contributed by atoms with E-state index < -0.39 is 11.5 Å². The van der Waals surface area contributed by atoms with E-state index in [9.17, 15) is 9.59 Å². The standard InChI is InChI=1S/C18H13N3O3S/c22-17(14-10-12-4-1-2-6-15(12)24-18(14)23)20-16-7-8-19-21(16)11-13-5-3-9-25-13/h1-10H,11H2,(H,20,22). The zero-order chi connectivity index (χ0) is 17.2. The second-order valence-electron chi connectivity index (χ2n) is 5.39. The number of benzene rings is 1. The van der Waals surface area contributed by atoms with Gasteiger partial charge in [-0.1, -0.05) is 24.3 Å². The molecular formula is C18H13N3O3S. The van der Waals surface area contributed by atoms with Gasteiger partial charge >= 0.3 is 5.63 Å². The van der Waals surface area contributed by atoms with Gasteiger partial charge in [-0.15, -0.1) is 11.3 Å². The van der Waals surface area contributed by atoms with E-state index in [4.69, 9.17) is 4.42 Å². The molecule has 0 saturated heterocycles. The maximum atomic E-state index is 12.5. The maximum absolute atomic E-state index is 12.5. The summed E-state index contributed by atoms with van der Waals surface area (Å²) in [5, 5.41) is 9.63. The molecule has 6 nitrogen and oxygen atoms in total. The molecule has 0 unspecified atom stereocenters. The third-order valence-corrected chi connectivity index (χ3v) is 4.59. The lowest BCUT2D eigenvalue weighted by Gasteiger charge is -2.08. The Balaban J connectivity index is 1.62. The van der Waals surface area contributed by atoms with Crippen LogP contribution in [0.1, 0.15) is 15.2 Å². The second-order valence-corrected chi connectivity index (χ2v) is 6.43. The lowest BCUT2D eigenvalue weighted by atomic mass is 10.2. The molecule has 0 radical (unpaired) electrons. The lowest BCUT2D eigenvalue weighted by molar-refractivity contribution is 0.102. The van der Waals surface area contributed by atoms with E-state index in [2.05, 4.69) is 10.4 Å². The van der Waals surface area contributed by atoms with Crippen LogP contribution in [0, 0.1) is 0 Å². The summed E-state index contributed by atoms with van der Waals surface area (Å²) in [6.45, 7) is 0.548. The highest BCUT2D eigenvalue weighted by molar-refractivity contribution is 7.09. The van der Waals surface area contributed by atoms with Crippen molar-refractivity contribution >= 4 is 34.0 Å². The van der Waals surface area contributed by atoms with Crippen molar-refractivity contribution in [2.75, 3.05) is 5.32 Å². The number of thiophene rings is 1. The number of aromatic nitrogens is 2. The first kappa shape index (κ1) is 15.3. The van der Waals surface area contributed by atoms with Crippen molar-refractivity contribution in [2.24, 2.45) is 0 Å². The zero-order valence-electron chi connectivity index (χ0n) is 13.0. The number of nitrogens with one attached hydrogen (secondary N) is 1. The summed E-state index contributed by atoms with van der Waals surface area (Å²) in [6.07, 6.45) is 1.60. The van der Waals surface area contributed by atoms with Gasteiger partial charge in [-0.25, -0.2) is 9.48 Å². The van der Waals surface area contributed by atoms with E-state index in [0.29, 0.717) is 23.3 Å². The molecule has 1 amide bonds. The van der Waals surface area contributed by atoms with Crippen LogP contribution >= 0.6 is 11.3 Å². The van der Waals surface area contributed by atoms with Gasteiger partial charge < -0.3 is 9.73 Å². The van der Waals surface area contributed by atoms with Crippen molar-refractivity contribution in [1.82, 2.24) is 9.78 Å². The van der Waals surface area contributed by atoms with E-state index in [1.807, 2.05) is 23.6 Å². The largest absolute Gasteiger partial charge is 0.422 e. The van der Waals surface area contributed by atoms with Crippen LogP contribution in [-0.2, 0) is 6.54 Å². The van der Waals surface area contributed by atoms with Crippen molar-refractivity contribution in [2.45, 2.75) is 6.54 Å². The highest BCUT2D eigenvalue weighted by Crippen LogP contribution is 2.16. The van der Waals surface area contributed by atoms with Crippen LogP contribution in [0.2, 0.25) is 0 Å². The number of rotatable bonds is 4. The monoisotopic (exact) mass is 351 g/mol. The van der Waals surface area contributed by atoms with E-state index in [1.54, 1.807) is 46.5 Å². The van der Waals surface area contributed by atoms with Crippen LogP contribution in [0.5, 0.6) is 0 Å². The second kappa shape index (κ2) is 6.37. The Morgan fingerprint density at radius 1 is 1.20 bits per heavy atom. The third kappa shape index (κ3) is 3.09. The topological polar surface area (TPSA) is 77.1 Å². The number of carbonyl (C=O) groups is 1. The van der Waals surface area contributed by atoms with Crippen LogP contribution < -0.4 is 10.9 Å². The summed E-state index contributed by atoms with van der Waals surface area (Å²) in [6, 6.07) is 14.3. The smallest absolute Gasteiger partial charge is 0.349 e. The summed E-state index contributed by atoms with van der Waals surface area (Å²) >= 11 is 1.61. The normalized spacial score (nSPS) is 10.9. The molecule has 4 rings (SSSR count). The summed E-state index contributed by atoms with van der Waals surface area (Å²) in [5.41, 5.74) is -0.255. The van der Waals surface area contributed by atoms with Gasteiger partial charge in [-0.2, -0.15) is 5.10 Å². The lowest BCUT2D eigenvalue weighted by Crippen LogP contribution is -2.22. The Morgan fingerprint density at radius 2 is 2.08 bits per heavy atom. The van der Waals surface area contributed by atoms with E-state index in [1.165, 1.54) is 6.07 Å². The highest BCUT2D eigenvalue weighted by Gasteiger charge is 2.16. The van der Waals surface area contributed by atoms with Gasteiger partial charge in [-0.05, 0) is 23.6 Å². The Labute approximate surface area is 146 Å². The number of hydrogen-bond donors (Lipinski definition) is 1. The van der Waals surface area contributed by atoms with E-state index in [-0.39, 0.29) is 5.56 Å². The van der Waals surface area contributed by atoms with Crippen molar-refractivity contribution < 1.29 is 9.21 Å². The molecule has 3 heterocycles. The van der Waals surface area contributed by atoms with Crippen molar-refractivity contribution in [3.8, 4) is 0 Å². The summed E-state index contributed by atoms with van der Waals surface area (Å²) in [4.78, 5) is 25.7. The molecule has 124 valence electrons. The Hall–Kier alpha value is -3.19. The van der Waals surface area contributed by atoms with Gasteiger partial charge in [0.1, 0.15) is 17.0 Å². The molecule has 0 saturated carbocycles. The van der Waals surface area contributed by atoms with E-state index >= 15 is 0 Å². The van der Waals surface area contributed by atoms with Gasteiger partial charge in [0.05, 0.1) is 12.7 Å². The highest BCUT2D eigenvalue weighted by atomic mass is 32.1. The summed E-state index contributed by atoms with van der Waals surface area (Å²) < 4.78 is 6.88. The number of fused-ring (bicyclic) bond motifs is 1. The molecule has 4 aromatic rings. The van der Waals surface area contributed by atoms with Crippen molar-refractivity contribution in [1.29, 1.82) is 0 Å². The summed E-state index contributed by atoms with van der Waals surface area (Å²) in [5.74, 6) is -0.00149. The molecule has 3 aromatic heterocycles. The van der Waals surface area contributed by atoms with Crippen molar-refractivity contribution in [3.63, 3.8) is 0 Å². The number of para-hydroxylation sites is 1. The van der Waals surface area contributed by atoms with Gasteiger partial charge in [0.2, 0.25) is 0 Å². The van der Waals surface area contributed by atoms with Gasteiger partial charge in [0, 0.05) is 16.3 Å². The van der Waals surface area contributed by atoms with Gasteiger partial charge in [0.25, 0.3) is 5.91 Å². The SMILES string of the molecule is O=C(Nc1ccnn1Cc1cccs1)c1cc2ccccc2oc1=O. The van der Waals surface area contributed by atoms with Crippen LogP contribution in [0.4, 0.5) is 5.82 Å². The fourth-order valence-corrected chi connectivity index (χ4v) is 3.20. The first-order chi connectivity index (χ1) is 12.2. The molecule has 0 bridgehead atoms. The van der Waals surface area contributed by atoms with Crippen LogP contribution in [0.15, 0.2) is 69.3 Å². The quantitative estimate of drug-likeness (QED) is 0.572. The molecule has 0 aliphatic rings. The molecule has 0 aliphatic carbocycles. The number of nitrogens with zero attached hydrogens (tertiary/aromatic N) is 2. The molecule has 25 heavy (non-hydrogen) atoms. The zero-order valence-corrected chi connectivity index (χ0v) is 13.8. The first-order valence-electron chi connectivity index (χ1n) is 7.59. The number of hydrogen-bond acceptors (Lipinski definition) is 5. The van der Waals surface area contributed by atoms with Crippen LogP contribution in [0.3, 0.4) is 0 Å². The molecule has 1 N–H and O–H groups in total. The molecule has 0 aliphatic heterocycles. The fourth-order valence-electron chi connectivity index (χ4n) is 2.52. The fraction of sp³-hybridized carbons (Fsp3) is 0.0556. The minimum atomic E-state index is -0.666. The Kier molecular flexibility index (Phi) is 3.91. The Morgan fingerprint density at radius 3 is 2.92 bits per heavy atom. The van der Waals surface area contributed by atoms with Gasteiger partial charge in [0.15, 0.2) is 0 Å². The van der Waals surface area contributed by atoms with Crippen LogP contribution in [-0.4, -0.2) is 15.7 Å². The molecule has 1 aromatic carbocycles. The number of carbonyl (C=O) groups excluding carboxylic acids is 1. The third-order valence-electron chi connectivity index (χ3n) is 3.73. The molecule has 0 atom stereocenters. The molecule has 7 heteroatoms. The van der Waals surface area contributed by atoms with E-state index in [0.717, 1.165) is 4.88 Å². The van der Waals surface area contributed by atoms with Gasteiger partial charge in [-0.3, -0.25) is 4.79 Å². The molecular weight excluding hydrogens is 338 g/mol. The molecule has 0 fully saturated rings. The van der Waals surface area contributed by atoms with Crippen LogP contribution in [0.25, 0.3) is 11.0 Å². The maximum Gasteiger partial charge on any atom is 0.349 e. The average molecular weight is 351 g/mol. The average Bonchev–Trinajstić information content (AvgIpc) is 3.27. The minimum absolute atomic E-state index is 0.0393. The predicted molar refractivity (Wildman–Crippen MR) is 96.1 cm³/mol. The Bertz CT molecular complexity index is 1100.